The molecule has 90 valence electrons. The Hall–Kier alpha value is -1.91. The third-order valence-electron chi connectivity index (χ3n) is 2.77. The molecule has 0 aromatic carbocycles. The lowest BCUT2D eigenvalue weighted by Gasteiger charge is -2.26. The number of likely N-dealkylation sites (tertiary alicyclic amines) is 1. The summed E-state index contributed by atoms with van der Waals surface area (Å²) in [4.78, 5) is 29.0. The molecule has 0 unspecified atom stereocenters. The molecule has 0 radical (unpaired) electrons. The molecule has 0 bridgehead atoms. The van der Waals surface area contributed by atoms with E-state index in [1.807, 2.05) is 0 Å². The molecule has 2 heterocycles. The van der Waals surface area contributed by atoms with Crippen molar-refractivity contribution in [3.05, 3.63) is 24.0 Å². The number of amides is 1. The summed E-state index contributed by atoms with van der Waals surface area (Å²) >= 11 is 0. The predicted molar refractivity (Wildman–Crippen MR) is 60.9 cm³/mol. The van der Waals surface area contributed by atoms with E-state index in [0.717, 1.165) is 6.42 Å². The number of ether oxygens (including phenoxy) is 1. The largest absolute Gasteiger partial charge is 0.494 e. The Labute approximate surface area is 99.4 Å². The molecule has 2 rings (SSSR count). The van der Waals surface area contributed by atoms with Crippen LogP contribution >= 0.6 is 0 Å². The second kappa shape index (κ2) is 4.95. The minimum absolute atomic E-state index is 0.109. The Balaban J connectivity index is 2.21. The maximum Gasteiger partial charge on any atom is 0.258 e. The molecule has 1 aromatic heterocycles. The number of nitrogens with zero attached hydrogens (tertiary/aromatic N) is 2. The molecule has 0 N–H and O–H groups in total. The Morgan fingerprint density at radius 2 is 2.35 bits per heavy atom. The summed E-state index contributed by atoms with van der Waals surface area (Å²) in [7, 11) is 1.50. The smallest absolute Gasteiger partial charge is 0.258 e. The molecule has 17 heavy (non-hydrogen) atoms. The summed E-state index contributed by atoms with van der Waals surface area (Å²) < 4.78 is 5.09. The highest BCUT2D eigenvalue weighted by Gasteiger charge is 2.24. The Kier molecular flexibility index (Phi) is 3.37. The number of piperidine rings is 1. The van der Waals surface area contributed by atoms with Gasteiger partial charge in [-0.2, -0.15) is 0 Å². The van der Waals surface area contributed by atoms with Gasteiger partial charge in [0.1, 0.15) is 5.75 Å². The number of hydrogen-bond donors (Lipinski definition) is 0. The van der Waals surface area contributed by atoms with Crippen LogP contribution in [0.25, 0.3) is 0 Å². The first kappa shape index (κ1) is 11.6. The second-order valence-corrected chi connectivity index (χ2v) is 3.94. The van der Waals surface area contributed by atoms with E-state index in [1.54, 1.807) is 17.2 Å². The van der Waals surface area contributed by atoms with Crippen molar-refractivity contribution in [2.75, 3.05) is 20.2 Å². The van der Waals surface area contributed by atoms with E-state index in [0.29, 0.717) is 24.3 Å². The normalized spacial score (nSPS) is 15.8. The molecule has 0 aliphatic carbocycles. The fraction of sp³-hybridized carbons (Fsp3) is 0.417. The van der Waals surface area contributed by atoms with Crippen molar-refractivity contribution in [2.24, 2.45) is 0 Å². The Morgan fingerprint density at radius 3 is 3.06 bits per heavy atom. The van der Waals surface area contributed by atoms with E-state index in [-0.39, 0.29) is 18.2 Å². The van der Waals surface area contributed by atoms with Crippen molar-refractivity contribution in [1.82, 2.24) is 9.88 Å². The van der Waals surface area contributed by atoms with Gasteiger partial charge in [0, 0.05) is 19.2 Å². The Morgan fingerprint density at radius 1 is 1.53 bits per heavy atom. The predicted octanol–water partition coefficient (Wildman–Crippen LogP) is 0.895. The quantitative estimate of drug-likeness (QED) is 0.762. The minimum Gasteiger partial charge on any atom is -0.494 e. The van der Waals surface area contributed by atoms with Gasteiger partial charge in [0.05, 0.1) is 25.4 Å². The van der Waals surface area contributed by atoms with Gasteiger partial charge in [-0.1, -0.05) is 0 Å². The van der Waals surface area contributed by atoms with Crippen molar-refractivity contribution in [2.45, 2.75) is 12.8 Å². The number of pyridine rings is 1. The molecular formula is C12H14N2O3. The highest BCUT2D eigenvalue weighted by molar-refractivity contribution is 5.99. The average molecular weight is 234 g/mol. The lowest BCUT2D eigenvalue weighted by molar-refractivity contribution is -0.121. The zero-order valence-corrected chi connectivity index (χ0v) is 9.68. The molecule has 1 saturated heterocycles. The van der Waals surface area contributed by atoms with Gasteiger partial charge in [-0.3, -0.25) is 14.6 Å². The minimum atomic E-state index is -0.169. The summed E-state index contributed by atoms with van der Waals surface area (Å²) in [5, 5.41) is 0. The van der Waals surface area contributed by atoms with Crippen molar-refractivity contribution in [3.8, 4) is 5.75 Å². The standard InChI is InChI=1S/C12H14N2O3/c1-17-11-7-13-5-4-10(11)12(16)14-6-2-3-9(15)8-14/h4-5,7H,2-3,6,8H2,1H3. The van der Waals surface area contributed by atoms with Crippen molar-refractivity contribution in [1.29, 1.82) is 0 Å². The van der Waals surface area contributed by atoms with E-state index in [2.05, 4.69) is 4.98 Å². The van der Waals surface area contributed by atoms with Gasteiger partial charge in [-0.25, -0.2) is 0 Å². The molecule has 1 amide bonds. The monoisotopic (exact) mass is 234 g/mol. The number of rotatable bonds is 2. The fourth-order valence-electron chi connectivity index (χ4n) is 1.90. The summed E-state index contributed by atoms with van der Waals surface area (Å²) in [5.74, 6) is 0.380. The highest BCUT2D eigenvalue weighted by atomic mass is 16.5. The highest BCUT2D eigenvalue weighted by Crippen LogP contribution is 2.19. The number of aromatic nitrogens is 1. The van der Waals surface area contributed by atoms with Crippen LogP contribution < -0.4 is 4.74 Å². The van der Waals surface area contributed by atoms with Crippen LogP contribution in [0, 0.1) is 0 Å². The van der Waals surface area contributed by atoms with Gasteiger partial charge in [-0.05, 0) is 12.5 Å². The molecule has 0 atom stereocenters. The van der Waals surface area contributed by atoms with Crippen LogP contribution in [0.5, 0.6) is 5.75 Å². The SMILES string of the molecule is COc1cnccc1C(=O)N1CCCC(=O)C1. The van der Waals surface area contributed by atoms with Crippen LogP contribution in [-0.4, -0.2) is 41.8 Å². The number of Topliss-reactive ketones (excluding diaryl/α,β-unsaturated/α-hetero) is 1. The van der Waals surface area contributed by atoms with Crippen LogP contribution in [-0.2, 0) is 4.79 Å². The molecular weight excluding hydrogens is 220 g/mol. The first-order valence-electron chi connectivity index (χ1n) is 5.51. The van der Waals surface area contributed by atoms with E-state index in [4.69, 9.17) is 4.74 Å². The van der Waals surface area contributed by atoms with Crippen molar-refractivity contribution >= 4 is 11.7 Å². The van der Waals surface area contributed by atoms with Gasteiger partial charge in [0.15, 0.2) is 5.78 Å². The summed E-state index contributed by atoms with van der Waals surface area (Å²) in [6, 6.07) is 1.61. The topological polar surface area (TPSA) is 59.5 Å². The van der Waals surface area contributed by atoms with Gasteiger partial charge in [-0.15, -0.1) is 0 Å². The molecule has 1 aliphatic heterocycles. The third kappa shape index (κ3) is 2.43. The molecule has 1 fully saturated rings. The molecule has 5 nitrogen and oxygen atoms in total. The number of carbonyl (C=O) groups is 2. The molecule has 5 heteroatoms. The first-order chi connectivity index (χ1) is 8.22. The zero-order chi connectivity index (χ0) is 12.3. The lowest BCUT2D eigenvalue weighted by Crippen LogP contribution is -2.40. The average Bonchev–Trinajstić information content (AvgIpc) is 2.38. The summed E-state index contributed by atoms with van der Waals surface area (Å²) in [6.07, 6.45) is 4.34. The van der Waals surface area contributed by atoms with E-state index < -0.39 is 0 Å². The summed E-state index contributed by atoms with van der Waals surface area (Å²) in [6.45, 7) is 0.820. The molecule has 1 aliphatic rings. The molecule has 0 saturated carbocycles. The van der Waals surface area contributed by atoms with Gasteiger partial charge < -0.3 is 9.64 Å². The van der Waals surface area contributed by atoms with Crippen LogP contribution in [0.4, 0.5) is 0 Å². The van der Waals surface area contributed by atoms with E-state index in [1.165, 1.54) is 13.3 Å². The van der Waals surface area contributed by atoms with Crippen LogP contribution in [0.1, 0.15) is 23.2 Å². The maximum absolute atomic E-state index is 12.2. The van der Waals surface area contributed by atoms with Crippen LogP contribution in [0.15, 0.2) is 18.5 Å². The molecule has 0 spiro atoms. The van der Waals surface area contributed by atoms with Crippen molar-refractivity contribution in [3.63, 3.8) is 0 Å². The van der Waals surface area contributed by atoms with E-state index in [9.17, 15) is 9.59 Å². The number of methoxy groups -OCH3 is 1. The van der Waals surface area contributed by atoms with Crippen LogP contribution in [0.2, 0.25) is 0 Å². The van der Waals surface area contributed by atoms with E-state index >= 15 is 0 Å². The van der Waals surface area contributed by atoms with Gasteiger partial charge >= 0.3 is 0 Å². The number of ketones is 1. The van der Waals surface area contributed by atoms with Crippen LogP contribution in [0.3, 0.4) is 0 Å². The number of carbonyl (C=O) groups excluding carboxylic acids is 2. The lowest BCUT2D eigenvalue weighted by atomic mass is 10.1. The zero-order valence-electron chi connectivity index (χ0n) is 9.68. The number of hydrogen-bond acceptors (Lipinski definition) is 4. The second-order valence-electron chi connectivity index (χ2n) is 3.94. The summed E-state index contributed by atoms with van der Waals surface area (Å²) in [5.41, 5.74) is 0.456. The third-order valence-corrected chi connectivity index (χ3v) is 2.77. The van der Waals surface area contributed by atoms with Crippen molar-refractivity contribution < 1.29 is 14.3 Å². The van der Waals surface area contributed by atoms with Gasteiger partial charge in [0.25, 0.3) is 5.91 Å². The van der Waals surface area contributed by atoms with Gasteiger partial charge in [0.2, 0.25) is 0 Å². The maximum atomic E-state index is 12.2. The Bertz CT molecular complexity index is 445. The fourth-order valence-corrected chi connectivity index (χ4v) is 1.90. The molecule has 1 aromatic rings. The first-order valence-corrected chi connectivity index (χ1v) is 5.51.